The zero-order valence-electron chi connectivity index (χ0n) is 16.2. The van der Waals surface area contributed by atoms with E-state index >= 15 is 0 Å². The molecule has 156 valence electrons. The highest BCUT2D eigenvalue weighted by Crippen LogP contribution is 2.56. The molecule has 0 aliphatic carbocycles. The molecule has 4 aromatic rings. The molecule has 0 unspecified atom stereocenters. The minimum absolute atomic E-state index is 0.110. The van der Waals surface area contributed by atoms with E-state index in [1.54, 1.807) is 24.3 Å². The first-order valence-electron chi connectivity index (χ1n) is 9.53. The molecule has 3 N–H and O–H groups in total. The number of fused-ring (bicyclic) bond motifs is 2. The van der Waals surface area contributed by atoms with E-state index in [9.17, 15) is 13.9 Å². The lowest BCUT2D eigenvalue weighted by Crippen LogP contribution is -2.16. The molecule has 0 saturated heterocycles. The van der Waals surface area contributed by atoms with Crippen molar-refractivity contribution in [3.63, 3.8) is 0 Å². The van der Waals surface area contributed by atoms with Gasteiger partial charge >= 0.3 is 0 Å². The molecule has 8 heteroatoms. The maximum Gasteiger partial charge on any atom is 0.230 e. The summed E-state index contributed by atoms with van der Waals surface area (Å²) in [6.45, 7) is 0. The van der Waals surface area contributed by atoms with Crippen LogP contribution in [0.4, 0.5) is 5.69 Å². The minimum Gasteiger partial charge on any atom is -0.326 e. The van der Waals surface area contributed by atoms with Crippen molar-refractivity contribution < 1.29 is 13.9 Å². The van der Waals surface area contributed by atoms with Crippen molar-refractivity contribution in [2.24, 2.45) is 0 Å². The van der Waals surface area contributed by atoms with Crippen LogP contribution >= 0.6 is 26.5 Å². The number of benzene rings is 2. The summed E-state index contributed by atoms with van der Waals surface area (Å²) in [7, 11) is -2.94. The molecule has 0 atom stereocenters. The molecule has 31 heavy (non-hydrogen) atoms. The van der Waals surface area contributed by atoms with E-state index in [1.807, 2.05) is 53.1 Å². The van der Waals surface area contributed by atoms with E-state index in [0.717, 1.165) is 32.6 Å². The fourth-order valence-electron chi connectivity index (χ4n) is 3.68. The van der Waals surface area contributed by atoms with Crippen LogP contribution in [0, 0.1) is 0 Å². The molecule has 0 fully saturated rings. The Balaban J connectivity index is 1.47. The number of rotatable bonds is 4. The van der Waals surface area contributed by atoms with Gasteiger partial charge in [-0.1, -0.05) is 52.3 Å². The second-order valence-corrected chi connectivity index (χ2v) is 10.0. The molecule has 0 radical (unpaired) electrons. The van der Waals surface area contributed by atoms with Crippen LogP contribution in [0.3, 0.4) is 0 Å². The third-order valence-corrected chi connectivity index (χ3v) is 7.13. The summed E-state index contributed by atoms with van der Waals surface area (Å²) < 4.78 is 23.1. The number of hydrogen-bond donors (Lipinski definition) is 3. The van der Waals surface area contributed by atoms with Gasteiger partial charge in [-0.3, -0.25) is 13.9 Å². The van der Waals surface area contributed by atoms with Gasteiger partial charge in [0.1, 0.15) is 5.65 Å². The van der Waals surface area contributed by atoms with Gasteiger partial charge in [-0.25, -0.2) is 4.98 Å². The zero-order valence-corrected chi connectivity index (χ0v) is 18.6. The number of carbonyl (C=O) groups excluding carboxylic acids is 1. The predicted octanol–water partition coefficient (Wildman–Crippen LogP) is 6.04. The number of nitrogens with one attached hydrogen (secondary N) is 1. The third-order valence-electron chi connectivity index (χ3n) is 5.12. The highest BCUT2D eigenvalue weighted by molar-refractivity contribution is 9.10. The van der Waals surface area contributed by atoms with E-state index < -0.39 is 10.6 Å². The average molecular weight is 496 g/mol. The molecule has 5 rings (SSSR count). The van der Waals surface area contributed by atoms with Crippen molar-refractivity contribution in [1.29, 1.82) is 0 Å². The largest absolute Gasteiger partial charge is 0.326 e. The number of hydrogen-bond acceptors (Lipinski definition) is 4. The first kappa shape index (κ1) is 20.0. The number of carbonyl (C=O) groups is 1. The van der Waals surface area contributed by atoms with Crippen LogP contribution in [0.5, 0.6) is 0 Å². The fraction of sp³-hybridized carbons (Fsp3) is 0.0435. The number of halogens is 1. The third kappa shape index (κ3) is 3.79. The standard InChI is InChI=1S/C23H18BrN3O3S/c24-17-8-10-27-19(23(26-21(27)12-17)16-4-2-1-3-5-16)14-22(28)25-18-7-6-15-9-11-31(29,30)20(15)13-18/h1-13,29-30H,14H2,(H,25,28). The summed E-state index contributed by atoms with van der Waals surface area (Å²) in [6.07, 6.45) is 3.68. The topological polar surface area (TPSA) is 86.9 Å². The Labute approximate surface area is 188 Å². The number of imidazole rings is 1. The number of pyridine rings is 1. The Bertz CT molecular complexity index is 1350. The Hall–Kier alpha value is -2.91. The summed E-state index contributed by atoms with van der Waals surface area (Å²) in [5.41, 5.74) is 4.47. The van der Waals surface area contributed by atoms with Crippen LogP contribution in [0.25, 0.3) is 23.0 Å². The fourth-order valence-corrected chi connectivity index (χ4v) is 5.26. The smallest absolute Gasteiger partial charge is 0.230 e. The summed E-state index contributed by atoms with van der Waals surface area (Å²) in [6, 6.07) is 18.7. The number of amides is 1. The van der Waals surface area contributed by atoms with Crippen molar-refractivity contribution in [2.45, 2.75) is 11.3 Å². The minimum atomic E-state index is -2.94. The molecule has 6 nitrogen and oxygen atoms in total. The van der Waals surface area contributed by atoms with Crippen LogP contribution in [0.1, 0.15) is 11.3 Å². The summed E-state index contributed by atoms with van der Waals surface area (Å²) in [5.74, 6) is -0.218. The van der Waals surface area contributed by atoms with Crippen LogP contribution in [0.15, 0.2) is 81.6 Å². The molecule has 3 heterocycles. The van der Waals surface area contributed by atoms with Crippen molar-refractivity contribution >= 4 is 49.8 Å². The molecule has 0 saturated carbocycles. The normalized spacial score (nSPS) is 15.1. The van der Waals surface area contributed by atoms with Crippen LogP contribution < -0.4 is 5.32 Å². The summed E-state index contributed by atoms with van der Waals surface area (Å²) in [4.78, 5) is 18.1. The predicted molar refractivity (Wildman–Crippen MR) is 127 cm³/mol. The maximum absolute atomic E-state index is 12.9. The zero-order chi connectivity index (χ0) is 21.6. The molecular formula is C23H18BrN3O3S. The Morgan fingerprint density at radius 3 is 2.71 bits per heavy atom. The van der Waals surface area contributed by atoms with Gasteiger partial charge in [0.05, 0.1) is 22.7 Å². The average Bonchev–Trinajstić information content (AvgIpc) is 3.25. The first-order chi connectivity index (χ1) is 14.9. The van der Waals surface area contributed by atoms with Crippen molar-refractivity contribution in [2.75, 3.05) is 5.32 Å². The monoisotopic (exact) mass is 495 g/mol. The van der Waals surface area contributed by atoms with Crippen molar-refractivity contribution in [3.05, 3.63) is 88.0 Å². The lowest BCUT2D eigenvalue weighted by molar-refractivity contribution is -0.115. The van der Waals surface area contributed by atoms with Crippen LogP contribution in [0.2, 0.25) is 0 Å². The number of nitrogens with zero attached hydrogens (tertiary/aromatic N) is 2. The maximum atomic E-state index is 12.9. The van der Waals surface area contributed by atoms with Crippen LogP contribution in [-0.4, -0.2) is 24.4 Å². The highest BCUT2D eigenvalue weighted by atomic mass is 79.9. The van der Waals surface area contributed by atoms with Gasteiger partial charge in [-0.05, 0) is 35.9 Å². The van der Waals surface area contributed by atoms with E-state index in [4.69, 9.17) is 4.98 Å². The molecule has 0 bridgehead atoms. The molecule has 1 aliphatic rings. The lowest BCUT2D eigenvalue weighted by atomic mass is 10.1. The second kappa shape index (κ2) is 7.65. The van der Waals surface area contributed by atoms with Gasteiger partial charge in [-0.15, -0.1) is 10.6 Å². The van der Waals surface area contributed by atoms with Crippen molar-refractivity contribution in [1.82, 2.24) is 9.38 Å². The van der Waals surface area contributed by atoms with Crippen molar-refractivity contribution in [3.8, 4) is 11.3 Å². The molecule has 1 aliphatic heterocycles. The van der Waals surface area contributed by atoms with E-state index in [1.165, 1.54) is 5.41 Å². The first-order valence-corrected chi connectivity index (χ1v) is 11.9. The van der Waals surface area contributed by atoms with Gasteiger partial charge < -0.3 is 9.72 Å². The Morgan fingerprint density at radius 2 is 1.90 bits per heavy atom. The quantitative estimate of drug-likeness (QED) is 0.322. The van der Waals surface area contributed by atoms with Gasteiger partial charge in [0, 0.05) is 27.3 Å². The van der Waals surface area contributed by atoms with Gasteiger partial charge in [0.2, 0.25) is 5.91 Å². The Kier molecular flexibility index (Phi) is 4.94. The van der Waals surface area contributed by atoms with E-state index in [2.05, 4.69) is 21.2 Å². The molecular weight excluding hydrogens is 478 g/mol. The molecule has 2 aromatic carbocycles. The Morgan fingerprint density at radius 1 is 1.10 bits per heavy atom. The van der Waals surface area contributed by atoms with E-state index in [0.29, 0.717) is 10.6 Å². The number of anilines is 1. The molecule has 1 amide bonds. The highest BCUT2D eigenvalue weighted by Gasteiger charge is 2.22. The summed E-state index contributed by atoms with van der Waals surface area (Å²) >= 11 is 3.47. The second-order valence-electron chi connectivity index (χ2n) is 7.22. The van der Waals surface area contributed by atoms with E-state index in [-0.39, 0.29) is 12.3 Å². The summed E-state index contributed by atoms with van der Waals surface area (Å²) in [5, 5.41) is 4.27. The van der Waals surface area contributed by atoms with Gasteiger partial charge in [0.15, 0.2) is 0 Å². The lowest BCUT2D eigenvalue weighted by Gasteiger charge is -2.25. The number of aromatic nitrogens is 2. The SMILES string of the molecule is O=C(Cc1c(-c2ccccc2)nc2cc(Br)ccn12)Nc1ccc2c(c1)S(O)(O)C=C2. The van der Waals surface area contributed by atoms with Gasteiger partial charge in [0.25, 0.3) is 0 Å². The molecule has 0 spiro atoms. The molecule has 2 aromatic heterocycles. The van der Waals surface area contributed by atoms with Gasteiger partial charge in [-0.2, -0.15) is 0 Å². The van der Waals surface area contributed by atoms with Crippen LogP contribution in [-0.2, 0) is 11.2 Å².